The lowest BCUT2D eigenvalue weighted by molar-refractivity contribution is -0.141. The molecule has 110 valence electrons. The maximum absolute atomic E-state index is 12.0. The van der Waals surface area contributed by atoms with E-state index >= 15 is 0 Å². The molecule has 0 atom stereocenters. The Kier molecular flexibility index (Phi) is 3.93. The number of hydrogen-bond donors (Lipinski definition) is 1. The van der Waals surface area contributed by atoms with Gasteiger partial charge in [0.1, 0.15) is 5.75 Å². The van der Waals surface area contributed by atoms with Gasteiger partial charge in [-0.2, -0.15) is 0 Å². The molecule has 0 aliphatic heterocycles. The number of carbonyl (C=O) groups is 1. The molecule has 0 amide bonds. The lowest BCUT2D eigenvalue weighted by atomic mass is 9.82. The smallest absolute Gasteiger partial charge is 0.314 e. The quantitative estimate of drug-likeness (QED) is 0.688. The van der Waals surface area contributed by atoms with Crippen LogP contribution in [0.5, 0.6) is 5.75 Å². The number of hydrogen-bond acceptors (Lipinski definition) is 3. The van der Waals surface area contributed by atoms with Gasteiger partial charge in [0.15, 0.2) is 0 Å². The largest absolute Gasteiger partial charge is 0.426 e. The molecule has 0 bridgehead atoms. The molecule has 2 aromatic rings. The lowest BCUT2D eigenvalue weighted by Gasteiger charge is -2.30. The standard InChI is InChI=1S/C18H20O3/c19-17(13-18(20)10-4-1-5-11-18)21-16-9-8-14-6-2-3-7-15(14)12-16/h2-3,6-9,12,20H,1,4-5,10-11,13H2. The molecular weight excluding hydrogens is 264 g/mol. The van der Waals surface area contributed by atoms with E-state index in [1.807, 2.05) is 36.4 Å². The summed E-state index contributed by atoms with van der Waals surface area (Å²) in [7, 11) is 0. The summed E-state index contributed by atoms with van der Waals surface area (Å²) in [5.41, 5.74) is -0.869. The summed E-state index contributed by atoms with van der Waals surface area (Å²) in [6.07, 6.45) is 4.58. The molecule has 1 saturated carbocycles. The van der Waals surface area contributed by atoms with E-state index in [1.165, 1.54) is 0 Å². The average Bonchev–Trinajstić information content (AvgIpc) is 2.47. The highest BCUT2D eigenvalue weighted by atomic mass is 16.5. The van der Waals surface area contributed by atoms with E-state index in [4.69, 9.17) is 4.74 Å². The Morgan fingerprint density at radius 1 is 1.05 bits per heavy atom. The summed E-state index contributed by atoms with van der Waals surface area (Å²) in [5.74, 6) is 0.188. The molecule has 1 fully saturated rings. The van der Waals surface area contributed by atoms with E-state index in [9.17, 15) is 9.90 Å². The van der Waals surface area contributed by atoms with Crippen molar-refractivity contribution in [2.75, 3.05) is 0 Å². The van der Waals surface area contributed by atoms with E-state index in [1.54, 1.807) is 6.07 Å². The topological polar surface area (TPSA) is 46.5 Å². The first kappa shape index (κ1) is 14.1. The Morgan fingerprint density at radius 3 is 2.52 bits per heavy atom. The Hall–Kier alpha value is -1.87. The van der Waals surface area contributed by atoms with Crippen LogP contribution >= 0.6 is 0 Å². The first-order valence-corrected chi connectivity index (χ1v) is 7.57. The number of fused-ring (bicyclic) bond motifs is 1. The van der Waals surface area contributed by atoms with E-state index in [0.29, 0.717) is 18.6 Å². The van der Waals surface area contributed by atoms with Crippen molar-refractivity contribution in [3.8, 4) is 5.75 Å². The van der Waals surface area contributed by atoms with E-state index < -0.39 is 5.60 Å². The number of aliphatic hydroxyl groups is 1. The van der Waals surface area contributed by atoms with Gasteiger partial charge in [-0.3, -0.25) is 4.79 Å². The highest BCUT2D eigenvalue weighted by molar-refractivity contribution is 5.84. The maximum Gasteiger partial charge on any atom is 0.314 e. The van der Waals surface area contributed by atoms with Crippen LogP contribution in [-0.2, 0) is 4.79 Å². The highest BCUT2D eigenvalue weighted by Gasteiger charge is 2.32. The predicted octanol–water partition coefficient (Wildman–Crippen LogP) is 3.83. The maximum atomic E-state index is 12.0. The van der Waals surface area contributed by atoms with Crippen molar-refractivity contribution in [1.29, 1.82) is 0 Å². The van der Waals surface area contributed by atoms with Crippen molar-refractivity contribution < 1.29 is 14.6 Å². The second-order valence-corrected chi connectivity index (χ2v) is 5.94. The van der Waals surface area contributed by atoms with Crippen LogP contribution in [0.2, 0.25) is 0 Å². The van der Waals surface area contributed by atoms with Crippen LogP contribution in [0.15, 0.2) is 42.5 Å². The van der Waals surface area contributed by atoms with Crippen molar-refractivity contribution in [2.24, 2.45) is 0 Å². The molecule has 3 nitrogen and oxygen atoms in total. The molecule has 21 heavy (non-hydrogen) atoms. The third-order valence-corrected chi connectivity index (χ3v) is 4.21. The first-order chi connectivity index (χ1) is 10.1. The zero-order valence-corrected chi connectivity index (χ0v) is 12.0. The average molecular weight is 284 g/mol. The lowest BCUT2D eigenvalue weighted by Crippen LogP contribution is -2.35. The fourth-order valence-electron chi connectivity index (χ4n) is 3.05. The second-order valence-electron chi connectivity index (χ2n) is 5.94. The zero-order valence-electron chi connectivity index (χ0n) is 12.0. The minimum atomic E-state index is -0.869. The SMILES string of the molecule is O=C(CC1(O)CCCCC1)Oc1ccc2ccccc2c1. The van der Waals surface area contributed by atoms with Gasteiger partial charge in [0.2, 0.25) is 0 Å². The molecule has 3 heteroatoms. The molecule has 0 spiro atoms. The predicted molar refractivity (Wildman–Crippen MR) is 82.2 cm³/mol. The Morgan fingerprint density at radius 2 is 1.76 bits per heavy atom. The molecule has 1 N–H and O–H groups in total. The van der Waals surface area contributed by atoms with Crippen LogP contribution in [0, 0.1) is 0 Å². The van der Waals surface area contributed by atoms with Gasteiger partial charge < -0.3 is 9.84 Å². The number of carbonyl (C=O) groups excluding carboxylic acids is 1. The summed E-state index contributed by atoms with van der Waals surface area (Å²) in [5, 5.41) is 12.5. The molecule has 0 unspecified atom stereocenters. The number of rotatable bonds is 3. The van der Waals surface area contributed by atoms with E-state index in [0.717, 1.165) is 30.0 Å². The monoisotopic (exact) mass is 284 g/mol. The van der Waals surface area contributed by atoms with Crippen molar-refractivity contribution in [3.05, 3.63) is 42.5 Å². The molecule has 2 aromatic carbocycles. The summed E-state index contributed by atoms with van der Waals surface area (Å²) in [4.78, 5) is 12.0. The van der Waals surface area contributed by atoms with Gasteiger partial charge in [0.05, 0.1) is 12.0 Å². The summed E-state index contributed by atoms with van der Waals surface area (Å²) in [6, 6.07) is 13.5. The number of ether oxygens (including phenoxy) is 1. The molecule has 0 aromatic heterocycles. The van der Waals surface area contributed by atoms with Gasteiger partial charge in [0, 0.05) is 0 Å². The van der Waals surface area contributed by atoms with Crippen LogP contribution in [0.25, 0.3) is 10.8 Å². The second kappa shape index (κ2) is 5.86. The van der Waals surface area contributed by atoms with Crippen LogP contribution < -0.4 is 4.74 Å². The normalized spacial score (nSPS) is 17.6. The molecule has 3 rings (SSSR count). The van der Waals surface area contributed by atoms with Crippen molar-refractivity contribution in [3.63, 3.8) is 0 Å². The molecule has 0 radical (unpaired) electrons. The van der Waals surface area contributed by atoms with Crippen molar-refractivity contribution >= 4 is 16.7 Å². The van der Waals surface area contributed by atoms with Crippen LogP contribution in [0.4, 0.5) is 0 Å². The summed E-state index contributed by atoms with van der Waals surface area (Å²) in [6.45, 7) is 0. The van der Waals surface area contributed by atoms with Crippen molar-refractivity contribution in [2.45, 2.75) is 44.1 Å². The fourth-order valence-corrected chi connectivity index (χ4v) is 3.05. The van der Waals surface area contributed by atoms with Gasteiger partial charge >= 0.3 is 5.97 Å². The van der Waals surface area contributed by atoms with Gasteiger partial charge in [-0.1, -0.05) is 49.6 Å². The molecule has 1 aliphatic carbocycles. The molecule has 0 saturated heterocycles. The summed E-state index contributed by atoms with van der Waals surface area (Å²) < 4.78 is 5.39. The van der Waals surface area contributed by atoms with E-state index in [2.05, 4.69) is 0 Å². The van der Waals surface area contributed by atoms with Crippen LogP contribution in [0.1, 0.15) is 38.5 Å². The minimum absolute atomic E-state index is 0.0832. The minimum Gasteiger partial charge on any atom is -0.426 e. The van der Waals surface area contributed by atoms with Crippen LogP contribution in [-0.4, -0.2) is 16.7 Å². The zero-order chi connectivity index (χ0) is 14.7. The molecular formula is C18H20O3. The Bertz CT molecular complexity index is 642. The molecule has 0 heterocycles. The number of esters is 1. The van der Waals surface area contributed by atoms with Gasteiger partial charge in [-0.15, -0.1) is 0 Å². The Balaban J connectivity index is 1.68. The molecule has 1 aliphatic rings. The fraction of sp³-hybridized carbons (Fsp3) is 0.389. The third kappa shape index (κ3) is 3.42. The number of benzene rings is 2. The first-order valence-electron chi connectivity index (χ1n) is 7.57. The third-order valence-electron chi connectivity index (χ3n) is 4.21. The highest BCUT2D eigenvalue weighted by Crippen LogP contribution is 2.31. The van der Waals surface area contributed by atoms with Gasteiger partial charge in [-0.05, 0) is 35.7 Å². The van der Waals surface area contributed by atoms with E-state index in [-0.39, 0.29) is 12.4 Å². The van der Waals surface area contributed by atoms with Gasteiger partial charge in [-0.25, -0.2) is 0 Å². The Labute approximate surface area is 124 Å². The van der Waals surface area contributed by atoms with Crippen LogP contribution in [0.3, 0.4) is 0 Å². The van der Waals surface area contributed by atoms with Gasteiger partial charge in [0.25, 0.3) is 0 Å². The summed E-state index contributed by atoms with van der Waals surface area (Å²) >= 11 is 0. The van der Waals surface area contributed by atoms with Crippen molar-refractivity contribution in [1.82, 2.24) is 0 Å².